The number of carbonyl (C=O) groups is 2. The average molecular weight is 548 g/mol. The fourth-order valence-electron chi connectivity index (χ4n) is 3.56. The summed E-state index contributed by atoms with van der Waals surface area (Å²) in [6, 6.07) is 6.47. The van der Waals surface area contributed by atoms with Crippen LogP contribution in [-0.2, 0) is 4.79 Å². The molecule has 0 fully saturated rings. The van der Waals surface area contributed by atoms with Crippen LogP contribution >= 0.6 is 0 Å². The van der Waals surface area contributed by atoms with Gasteiger partial charge < -0.3 is 20.6 Å². The van der Waals surface area contributed by atoms with Crippen LogP contribution in [0.4, 0.5) is 0 Å². The van der Waals surface area contributed by atoms with Crippen molar-refractivity contribution in [2.75, 3.05) is 33.2 Å². The molecule has 40 heavy (non-hydrogen) atoms. The van der Waals surface area contributed by atoms with Crippen molar-refractivity contribution in [3.8, 4) is 5.75 Å². The van der Waals surface area contributed by atoms with Crippen LogP contribution in [0.1, 0.15) is 68.6 Å². The Morgan fingerprint density at radius 2 is 1.20 bits per heavy atom. The quantitative estimate of drug-likeness (QED) is 0.151. The van der Waals surface area contributed by atoms with Gasteiger partial charge in [0.2, 0.25) is 5.91 Å². The van der Waals surface area contributed by atoms with E-state index in [0.29, 0.717) is 32.6 Å². The smallest absolute Gasteiger partial charge is 0.255 e. The normalized spacial score (nSPS) is 12.4. The molecule has 1 rings (SSSR count). The number of nitrogens with zero attached hydrogens (tertiary/aromatic N) is 1. The van der Waals surface area contributed by atoms with E-state index >= 15 is 0 Å². The van der Waals surface area contributed by atoms with Crippen molar-refractivity contribution < 1.29 is 14.7 Å². The van der Waals surface area contributed by atoms with E-state index in [9.17, 15) is 14.7 Å². The number of aromatic hydroxyl groups is 1. The number of likely N-dealkylation sites (N-methyl/N-ethyl adjacent to an activating group) is 1. The number of carbonyl (C=O) groups excluding carboxylic acids is 2. The molecule has 0 atom stereocenters. The molecule has 0 heterocycles. The maximum absolute atomic E-state index is 12.1. The average Bonchev–Trinajstić information content (AvgIpc) is 2.94. The summed E-state index contributed by atoms with van der Waals surface area (Å²) in [5.41, 5.74) is 0.268. The molecule has 0 aliphatic heterocycles. The number of para-hydroxylation sites is 1. The molecule has 0 unspecified atom stereocenters. The van der Waals surface area contributed by atoms with E-state index in [2.05, 4.69) is 90.5 Å². The highest BCUT2D eigenvalue weighted by Crippen LogP contribution is 2.14. The molecule has 0 spiro atoms. The van der Waals surface area contributed by atoms with Crippen molar-refractivity contribution in [3.05, 3.63) is 103 Å². The molecular formula is C34H49N3O3. The van der Waals surface area contributed by atoms with Gasteiger partial charge in [-0.2, -0.15) is 0 Å². The molecular weight excluding hydrogens is 498 g/mol. The Morgan fingerprint density at radius 3 is 1.73 bits per heavy atom. The van der Waals surface area contributed by atoms with Crippen molar-refractivity contribution in [1.29, 1.82) is 0 Å². The SMILES string of the molecule is CCC=CCC=CCC=CCC=CCC=CCC=CCCC(=O)NCCN(C)CCNC(=O)c1ccccc1O. The first-order chi connectivity index (χ1) is 19.5. The Morgan fingerprint density at radius 1 is 0.725 bits per heavy atom. The van der Waals surface area contributed by atoms with Crippen LogP contribution in [0.5, 0.6) is 5.75 Å². The summed E-state index contributed by atoms with van der Waals surface area (Å²) in [7, 11) is 1.94. The van der Waals surface area contributed by atoms with E-state index in [1.54, 1.807) is 18.2 Å². The van der Waals surface area contributed by atoms with Gasteiger partial charge in [0.05, 0.1) is 5.56 Å². The second-order valence-corrected chi connectivity index (χ2v) is 9.38. The maximum atomic E-state index is 12.1. The highest BCUT2D eigenvalue weighted by Gasteiger charge is 2.09. The molecule has 3 N–H and O–H groups in total. The lowest BCUT2D eigenvalue weighted by Crippen LogP contribution is -2.37. The number of phenolic OH excluding ortho intramolecular Hbond substituents is 1. The zero-order valence-electron chi connectivity index (χ0n) is 24.4. The van der Waals surface area contributed by atoms with Crippen LogP contribution in [0.25, 0.3) is 0 Å². The predicted molar refractivity (Wildman–Crippen MR) is 168 cm³/mol. The molecule has 0 aliphatic carbocycles. The van der Waals surface area contributed by atoms with Crippen LogP contribution in [0.15, 0.2) is 97.2 Å². The first kappa shape index (κ1) is 34.4. The zero-order chi connectivity index (χ0) is 29.1. The lowest BCUT2D eigenvalue weighted by molar-refractivity contribution is -0.121. The van der Waals surface area contributed by atoms with Gasteiger partial charge in [0.1, 0.15) is 5.75 Å². The summed E-state index contributed by atoms with van der Waals surface area (Å²) in [6.07, 6.45) is 33.1. The third-order valence-corrected chi connectivity index (χ3v) is 5.88. The number of amides is 2. The van der Waals surface area contributed by atoms with Crippen LogP contribution < -0.4 is 10.6 Å². The summed E-state index contributed by atoms with van der Waals surface area (Å²) in [4.78, 5) is 26.2. The third kappa shape index (κ3) is 19.4. The molecule has 0 aromatic heterocycles. The zero-order valence-corrected chi connectivity index (χ0v) is 24.4. The molecule has 0 aliphatic rings. The van der Waals surface area contributed by atoms with Gasteiger partial charge >= 0.3 is 0 Å². The Kier molecular flexibility index (Phi) is 21.0. The van der Waals surface area contributed by atoms with Gasteiger partial charge in [0.25, 0.3) is 5.91 Å². The van der Waals surface area contributed by atoms with E-state index in [1.807, 2.05) is 11.9 Å². The fraction of sp³-hybridized carbons (Fsp3) is 0.412. The molecule has 1 aromatic carbocycles. The molecule has 2 amide bonds. The van der Waals surface area contributed by atoms with Gasteiger partial charge in [-0.05, 0) is 64.1 Å². The van der Waals surface area contributed by atoms with Gasteiger partial charge in [-0.1, -0.05) is 92.0 Å². The van der Waals surface area contributed by atoms with Gasteiger partial charge in [0, 0.05) is 32.6 Å². The van der Waals surface area contributed by atoms with Crippen molar-refractivity contribution in [2.45, 2.75) is 58.3 Å². The van der Waals surface area contributed by atoms with E-state index in [1.165, 1.54) is 6.07 Å². The summed E-state index contributed by atoms with van der Waals surface area (Å²) >= 11 is 0. The van der Waals surface area contributed by atoms with Crippen molar-refractivity contribution in [2.24, 2.45) is 0 Å². The third-order valence-electron chi connectivity index (χ3n) is 5.88. The first-order valence-corrected chi connectivity index (χ1v) is 14.5. The Bertz CT molecular complexity index is 1010. The fourth-order valence-corrected chi connectivity index (χ4v) is 3.56. The highest BCUT2D eigenvalue weighted by molar-refractivity contribution is 5.96. The Hall–Kier alpha value is -3.64. The van der Waals surface area contributed by atoms with Crippen LogP contribution in [-0.4, -0.2) is 55.0 Å². The summed E-state index contributed by atoms with van der Waals surface area (Å²) < 4.78 is 0. The molecule has 1 aromatic rings. The lowest BCUT2D eigenvalue weighted by Gasteiger charge is -2.17. The molecule has 6 heteroatoms. The first-order valence-electron chi connectivity index (χ1n) is 14.5. The second kappa shape index (κ2) is 24.4. The van der Waals surface area contributed by atoms with Gasteiger partial charge in [-0.15, -0.1) is 0 Å². The number of phenols is 1. The van der Waals surface area contributed by atoms with Crippen molar-refractivity contribution >= 4 is 11.8 Å². The highest BCUT2D eigenvalue weighted by atomic mass is 16.3. The van der Waals surface area contributed by atoms with Crippen molar-refractivity contribution in [1.82, 2.24) is 15.5 Å². The standard InChI is InChI=1S/C34H49N3O3/c1-3-4-5-6-7-8-9-10-11-12-13-14-15-16-17-18-19-20-21-26-33(39)35-27-29-37(2)30-28-36-34(40)31-24-22-23-25-32(31)38/h4-5,7-8,10-11,13-14,16-17,19-20,22-25,38H,3,6,9,12,15,18,21,26-30H2,1-2H3,(H,35,39)(H,36,40). The molecule has 0 saturated carbocycles. The maximum Gasteiger partial charge on any atom is 0.255 e. The minimum atomic E-state index is -0.297. The lowest BCUT2D eigenvalue weighted by atomic mass is 10.2. The number of hydrogen-bond acceptors (Lipinski definition) is 4. The molecule has 0 saturated heterocycles. The molecule has 218 valence electrons. The summed E-state index contributed by atoms with van der Waals surface area (Å²) in [6.45, 7) is 4.51. The second-order valence-electron chi connectivity index (χ2n) is 9.38. The van der Waals surface area contributed by atoms with Crippen LogP contribution in [0, 0.1) is 0 Å². The predicted octanol–water partition coefficient (Wildman–Crippen LogP) is 6.65. The number of nitrogens with one attached hydrogen (secondary N) is 2. The molecule has 6 nitrogen and oxygen atoms in total. The van der Waals surface area contributed by atoms with Crippen molar-refractivity contribution in [3.63, 3.8) is 0 Å². The van der Waals surface area contributed by atoms with E-state index in [4.69, 9.17) is 0 Å². The minimum absolute atomic E-state index is 0.0277. The number of rotatable bonds is 21. The monoisotopic (exact) mass is 547 g/mol. The summed E-state index contributed by atoms with van der Waals surface area (Å²) in [5, 5.41) is 15.5. The van der Waals surface area contributed by atoms with E-state index in [0.717, 1.165) is 44.9 Å². The largest absolute Gasteiger partial charge is 0.507 e. The van der Waals surface area contributed by atoms with Gasteiger partial charge in [0.15, 0.2) is 0 Å². The van der Waals surface area contributed by atoms with Gasteiger partial charge in [-0.25, -0.2) is 0 Å². The topological polar surface area (TPSA) is 81.7 Å². The Labute approximate surface area is 241 Å². The minimum Gasteiger partial charge on any atom is -0.507 e. The van der Waals surface area contributed by atoms with Gasteiger partial charge in [-0.3, -0.25) is 9.59 Å². The number of allylic oxidation sites excluding steroid dienone is 12. The molecule has 0 bridgehead atoms. The number of hydrogen-bond donors (Lipinski definition) is 3. The van der Waals surface area contributed by atoms with E-state index < -0.39 is 0 Å². The van der Waals surface area contributed by atoms with Crippen LogP contribution in [0.3, 0.4) is 0 Å². The number of benzene rings is 1. The van der Waals surface area contributed by atoms with Crippen LogP contribution in [0.2, 0.25) is 0 Å². The Balaban J connectivity index is 1.99. The van der Waals surface area contributed by atoms with E-state index in [-0.39, 0.29) is 23.1 Å². The summed E-state index contributed by atoms with van der Waals surface area (Å²) in [5.74, 6) is -0.282. The molecule has 0 radical (unpaired) electrons.